The lowest BCUT2D eigenvalue weighted by atomic mass is 10.3. The van der Waals surface area contributed by atoms with Crippen molar-refractivity contribution in [2.75, 3.05) is 5.73 Å². The molecule has 2 aromatic rings. The van der Waals surface area contributed by atoms with Crippen LogP contribution in [0.1, 0.15) is 0 Å². The zero-order valence-corrected chi connectivity index (χ0v) is 7.68. The number of nitrogen functional groups attached to an aromatic ring is 1. The first-order valence-electron chi connectivity index (χ1n) is 4.23. The van der Waals surface area contributed by atoms with E-state index in [0.717, 1.165) is 4.57 Å². The smallest absolute Gasteiger partial charge is 0.352 e. The van der Waals surface area contributed by atoms with E-state index in [1.165, 1.54) is 0 Å². The monoisotopic (exact) mass is 204 g/mol. The summed E-state index contributed by atoms with van der Waals surface area (Å²) >= 11 is 0. The van der Waals surface area contributed by atoms with Crippen LogP contribution in [-0.4, -0.2) is 14.5 Å². The predicted molar refractivity (Wildman–Crippen MR) is 54.9 cm³/mol. The lowest BCUT2D eigenvalue weighted by Crippen LogP contribution is -2.33. The van der Waals surface area contributed by atoms with E-state index in [2.05, 4.69) is 4.98 Å². The predicted octanol–water partition coefficient (Wildman–Crippen LogP) is -0.497. The van der Waals surface area contributed by atoms with E-state index < -0.39 is 11.4 Å². The molecule has 0 aliphatic heterocycles. The standard InChI is InChI=1S/C9H8N4O2/c10-7-11-8(14)12-9(15)13(7)6-4-2-1-3-5-6/h1-5H,(H3,10,11,12,14,15). The van der Waals surface area contributed by atoms with Crippen molar-refractivity contribution in [2.45, 2.75) is 0 Å². The zero-order chi connectivity index (χ0) is 10.8. The Labute approximate surface area is 84.0 Å². The number of aromatic nitrogens is 3. The number of H-pyrrole nitrogens is 1. The minimum atomic E-state index is -0.746. The first kappa shape index (κ1) is 9.20. The fourth-order valence-electron chi connectivity index (χ4n) is 1.26. The Morgan fingerprint density at radius 1 is 1.20 bits per heavy atom. The normalized spacial score (nSPS) is 10.1. The second kappa shape index (κ2) is 3.41. The van der Waals surface area contributed by atoms with Crippen LogP contribution in [0, 0.1) is 0 Å². The highest BCUT2D eigenvalue weighted by Gasteiger charge is 2.05. The van der Waals surface area contributed by atoms with Gasteiger partial charge in [-0.15, -0.1) is 0 Å². The summed E-state index contributed by atoms with van der Waals surface area (Å²) in [7, 11) is 0. The van der Waals surface area contributed by atoms with Crippen LogP contribution < -0.4 is 17.1 Å². The van der Waals surface area contributed by atoms with Gasteiger partial charge in [-0.05, 0) is 12.1 Å². The highest BCUT2D eigenvalue weighted by molar-refractivity contribution is 5.37. The summed E-state index contributed by atoms with van der Waals surface area (Å²) in [5, 5.41) is 0. The molecule has 0 aliphatic carbocycles. The number of anilines is 1. The molecule has 0 bridgehead atoms. The lowest BCUT2D eigenvalue weighted by molar-refractivity contribution is 0.846. The average Bonchev–Trinajstić information content (AvgIpc) is 2.17. The summed E-state index contributed by atoms with van der Waals surface area (Å²) in [5.41, 5.74) is 4.70. The molecular formula is C9H8N4O2. The van der Waals surface area contributed by atoms with Crippen molar-refractivity contribution in [3.63, 3.8) is 0 Å². The van der Waals surface area contributed by atoms with E-state index in [1.54, 1.807) is 24.3 Å². The molecule has 6 heteroatoms. The van der Waals surface area contributed by atoms with Gasteiger partial charge in [0.25, 0.3) is 0 Å². The third-order valence-corrected chi connectivity index (χ3v) is 1.88. The Kier molecular flexibility index (Phi) is 2.09. The van der Waals surface area contributed by atoms with Gasteiger partial charge in [0, 0.05) is 0 Å². The number of nitrogens with zero attached hydrogens (tertiary/aromatic N) is 2. The van der Waals surface area contributed by atoms with Crippen LogP contribution in [0.25, 0.3) is 5.69 Å². The molecule has 2 rings (SSSR count). The van der Waals surface area contributed by atoms with Gasteiger partial charge in [0.15, 0.2) is 0 Å². The summed E-state index contributed by atoms with van der Waals surface area (Å²) < 4.78 is 1.13. The fourth-order valence-corrected chi connectivity index (χ4v) is 1.26. The lowest BCUT2D eigenvalue weighted by Gasteiger charge is -2.05. The molecule has 1 heterocycles. The second-order valence-corrected chi connectivity index (χ2v) is 2.88. The Morgan fingerprint density at radius 3 is 2.47 bits per heavy atom. The molecule has 1 aromatic carbocycles. The number of aromatic amines is 1. The van der Waals surface area contributed by atoms with Gasteiger partial charge in [-0.2, -0.15) is 4.98 Å². The SMILES string of the molecule is Nc1nc(=O)[nH]c(=O)n1-c1ccccc1. The quantitative estimate of drug-likeness (QED) is 0.655. The number of nitrogens with two attached hydrogens (primary N) is 1. The summed E-state index contributed by atoms with van der Waals surface area (Å²) in [6.07, 6.45) is 0. The molecule has 0 amide bonds. The van der Waals surface area contributed by atoms with Crippen molar-refractivity contribution in [3.05, 3.63) is 51.3 Å². The average molecular weight is 204 g/mol. The van der Waals surface area contributed by atoms with Gasteiger partial charge in [-0.3, -0.25) is 4.98 Å². The molecule has 3 N–H and O–H groups in total. The van der Waals surface area contributed by atoms with E-state index >= 15 is 0 Å². The van der Waals surface area contributed by atoms with Crippen LogP contribution in [0.3, 0.4) is 0 Å². The van der Waals surface area contributed by atoms with E-state index in [9.17, 15) is 9.59 Å². The van der Waals surface area contributed by atoms with Gasteiger partial charge in [0.2, 0.25) is 5.95 Å². The number of para-hydroxylation sites is 1. The van der Waals surface area contributed by atoms with Gasteiger partial charge in [-0.25, -0.2) is 14.2 Å². The van der Waals surface area contributed by atoms with Crippen molar-refractivity contribution >= 4 is 5.95 Å². The minimum absolute atomic E-state index is 0.130. The van der Waals surface area contributed by atoms with Crippen LogP contribution >= 0.6 is 0 Å². The molecule has 0 radical (unpaired) electrons. The maximum atomic E-state index is 11.4. The van der Waals surface area contributed by atoms with Crippen LogP contribution in [-0.2, 0) is 0 Å². The molecule has 0 fully saturated rings. The molecular weight excluding hydrogens is 196 g/mol. The minimum Gasteiger partial charge on any atom is -0.369 e. The van der Waals surface area contributed by atoms with E-state index in [1.807, 2.05) is 11.1 Å². The van der Waals surface area contributed by atoms with Crippen LogP contribution in [0.5, 0.6) is 0 Å². The fraction of sp³-hybridized carbons (Fsp3) is 0. The third-order valence-electron chi connectivity index (χ3n) is 1.88. The molecule has 0 spiro atoms. The molecule has 0 aliphatic rings. The Morgan fingerprint density at radius 2 is 1.87 bits per heavy atom. The Bertz CT molecular complexity index is 585. The topological polar surface area (TPSA) is 93.8 Å². The largest absolute Gasteiger partial charge is 0.369 e. The van der Waals surface area contributed by atoms with Crippen LogP contribution in [0.4, 0.5) is 5.95 Å². The maximum Gasteiger partial charge on any atom is 0.352 e. The van der Waals surface area contributed by atoms with Gasteiger partial charge in [-0.1, -0.05) is 18.2 Å². The number of hydrogen-bond acceptors (Lipinski definition) is 4. The van der Waals surface area contributed by atoms with Crippen molar-refractivity contribution in [1.82, 2.24) is 14.5 Å². The van der Waals surface area contributed by atoms with E-state index in [-0.39, 0.29) is 5.95 Å². The third kappa shape index (κ3) is 1.64. The Hall–Kier alpha value is -2.37. The van der Waals surface area contributed by atoms with Crippen LogP contribution in [0.15, 0.2) is 39.9 Å². The molecule has 0 unspecified atom stereocenters. The van der Waals surface area contributed by atoms with Gasteiger partial charge in [0.05, 0.1) is 5.69 Å². The number of nitrogens with one attached hydrogen (secondary N) is 1. The molecule has 0 atom stereocenters. The van der Waals surface area contributed by atoms with Crippen LogP contribution in [0.2, 0.25) is 0 Å². The van der Waals surface area contributed by atoms with Gasteiger partial charge in [0.1, 0.15) is 0 Å². The summed E-state index contributed by atoms with van der Waals surface area (Å²) in [5.74, 6) is -0.130. The first-order valence-corrected chi connectivity index (χ1v) is 4.23. The number of benzene rings is 1. The molecule has 0 saturated heterocycles. The Balaban J connectivity index is 2.75. The molecule has 15 heavy (non-hydrogen) atoms. The number of rotatable bonds is 1. The summed E-state index contributed by atoms with van der Waals surface area (Å²) in [6, 6.07) is 8.71. The maximum absolute atomic E-state index is 11.4. The van der Waals surface area contributed by atoms with Crippen molar-refractivity contribution in [3.8, 4) is 5.69 Å². The van der Waals surface area contributed by atoms with Crippen molar-refractivity contribution in [2.24, 2.45) is 0 Å². The molecule has 1 aromatic heterocycles. The highest BCUT2D eigenvalue weighted by atomic mass is 16.2. The van der Waals surface area contributed by atoms with Gasteiger partial charge >= 0.3 is 11.4 Å². The zero-order valence-electron chi connectivity index (χ0n) is 7.68. The molecule has 6 nitrogen and oxygen atoms in total. The first-order chi connectivity index (χ1) is 7.18. The summed E-state index contributed by atoms with van der Waals surface area (Å²) in [4.78, 5) is 27.8. The van der Waals surface area contributed by atoms with Gasteiger partial charge < -0.3 is 5.73 Å². The second-order valence-electron chi connectivity index (χ2n) is 2.88. The number of hydrogen-bond donors (Lipinski definition) is 2. The van der Waals surface area contributed by atoms with Crippen molar-refractivity contribution in [1.29, 1.82) is 0 Å². The molecule has 0 saturated carbocycles. The van der Waals surface area contributed by atoms with Crippen molar-refractivity contribution < 1.29 is 0 Å². The molecule has 76 valence electrons. The highest BCUT2D eigenvalue weighted by Crippen LogP contribution is 2.05. The van der Waals surface area contributed by atoms with E-state index in [0.29, 0.717) is 5.69 Å². The van der Waals surface area contributed by atoms with E-state index in [4.69, 9.17) is 5.73 Å². The summed E-state index contributed by atoms with van der Waals surface area (Å²) in [6.45, 7) is 0.